The number of ether oxygens (including phenoxy) is 1. The molecule has 0 unspecified atom stereocenters. The molecule has 26 heavy (non-hydrogen) atoms. The lowest BCUT2D eigenvalue weighted by molar-refractivity contribution is -0.121. The summed E-state index contributed by atoms with van der Waals surface area (Å²) in [5, 5.41) is 4.45. The van der Waals surface area contributed by atoms with E-state index >= 15 is 0 Å². The van der Waals surface area contributed by atoms with Gasteiger partial charge in [-0.2, -0.15) is 0 Å². The first-order valence-corrected chi connectivity index (χ1v) is 9.32. The Morgan fingerprint density at radius 3 is 2.77 bits per heavy atom. The topological polar surface area (TPSA) is 67.4 Å². The first-order chi connectivity index (χ1) is 12.5. The summed E-state index contributed by atoms with van der Waals surface area (Å²) in [7, 11) is 1.62. The Bertz CT molecular complexity index is 752. The Morgan fingerprint density at radius 1 is 1.35 bits per heavy atom. The van der Waals surface area contributed by atoms with Gasteiger partial charge < -0.3 is 15.0 Å². The van der Waals surface area contributed by atoms with Crippen molar-refractivity contribution in [3.05, 3.63) is 29.0 Å². The average Bonchev–Trinajstić information content (AvgIpc) is 2.61. The highest BCUT2D eigenvalue weighted by Crippen LogP contribution is 2.28. The van der Waals surface area contributed by atoms with Gasteiger partial charge in [0.05, 0.1) is 12.1 Å². The number of nitrogens with one attached hydrogen (secondary N) is 1. The van der Waals surface area contributed by atoms with Crippen LogP contribution in [0.1, 0.15) is 33.0 Å². The van der Waals surface area contributed by atoms with Crippen LogP contribution in [0.15, 0.2) is 18.2 Å². The summed E-state index contributed by atoms with van der Waals surface area (Å²) in [4.78, 5) is 23.5. The average molecular weight is 379 g/mol. The van der Waals surface area contributed by atoms with Crippen molar-refractivity contribution in [2.24, 2.45) is 0 Å². The molecule has 0 atom stereocenters. The van der Waals surface area contributed by atoms with Crippen molar-refractivity contribution >= 4 is 34.2 Å². The molecule has 0 saturated carbocycles. The summed E-state index contributed by atoms with van der Waals surface area (Å²) in [6.07, 6.45) is 1.13. The van der Waals surface area contributed by atoms with Gasteiger partial charge in [-0.15, -0.1) is 0 Å². The van der Waals surface area contributed by atoms with Crippen molar-refractivity contribution < 1.29 is 9.53 Å². The second kappa shape index (κ2) is 9.69. The number of anilines is 1. The van der Waals surface area contributed by atoms with Gasteiger partial charge in [0.2, 0.25) is 5.91 Å². The lowest BCUT2D eigenvalue weighted by Gasteiger charge is -2.29. The molecule has 0 bridgehead atoms. The van der Waals surface area contributed by atoms with Crippen LogP contribution < -0.4 is 10.2 Å². The molecule has 1 amide bonds. The number of methoxy groups -OCH3 is 1. The maximum absolute atomic E-state index is 12.1. The molecule has 7 heteroatoms. The SMILES string of the molecule is CCc1nc(N(CCC(=O)NCCOC)C(C)C)c2ccc(Cl)cc2n1. The Labute approximate surface area is 159 Å². The molecule has 1 aromatic heterocycles. The number of amides is 1. The number of carbonyl (C=O) groups is 1. The van der Waals surface area contributed by atoms with Crippen LogP contribution in [0.2, 0.25) is 5.02 Å². The van der Waals surface area contributed by atoms with Crippen molar-refractivity contribution in [1.29, 1.82) is 0 Å². The predicted octanol–water partition coefficient (Wildman–Crippen LogP) is 3.21. The van der Waals surface area contributed by atoms with Gasteiger partial charge in [0.1, 0.15) is 11.6 Å². The highest BCUT2D eigenvalue weighted by atomic mass is 35.5. The minimum atomic E-state index is 0.00446. The lowest BCUT2D eigenvalue weighted by Crippen LogP contribution is -2.36. The molecule has 0 radical (unpaired) electrons. The van der Waals surface area contributed by atoms with Crippen LogP contribution in [-0.2, 0) is 16.0 Å². The van der Waals surface area contributed by atoms with E-state index in [0.717, 1.165) is 29.0 Å². The fraction of sp³-hybridized carbons (Fsp3) is 0.526. The number of carbonyl (C=O) groups excluding carboxylic acids is 1. The molecular weight excluding hydrogens is 352 g/mol. The van der Waals surface area contributed by atoms with Crippen molar-refractivity contribution in [1.82, 2.24) is 15.3 Å². The van der Waals surface area contributed by atoms with Crippen molar-refractivity contribution in [2.45, 2.75) is 39.7 Å². The number of aromatic nitrogens is 2. The van der Waals surface area contributed by atoms with E-state index in [-0.39, 0.29) is 11.9 Å². The Morgan fingerprint density at radius 2 is 2.12 bits per heavy atom. The summed E-state index contributed by atoms with van der Waals surface area (Å²) in [6.45, 7) is 7.83. The number of nitrogens with zero attached hydrogens (tertiary/aromatic N) is 3. The van der Waals surface area contributed by atoms with Crippen LogP contribution >= 0.6 is 11.6 Å². The van der Waals surface area contributed by atoms with Crippen LogP contribution in [0.4, 0.5) is 5.82 Å². The molecule has 1 aromatic carbocycles. The summed E-state index contributed by atoms with van der Waals surface area (Å²) >= 11 is 6.13. The highest BCUT2D eigenvalue weighted by Gasteiger charge is 2.18. The normalized spacial score (nSPS) is 11.2. The van der Waals surface area contributed by atoms with Crippen LogP contribution in [0.5, 0.6) is 0 Å². The van der Waals surface area contributed by atoms with Gasteiger partial charge in [-0.25, -0.2) is 9.97 Å². The standard InChI is InChI=1S/C19H27ClN4O2/c1-5-17-22-16-12-14(20)6-7-15(16)19(23-17)24(13(2)3)10-8-18(25)21-9-11-26-4/h6-7,12-13H,5,8-11H2,1-4H3,(H,21,25). The molecule has 2 aromatic rings. The van der Waals surface area contributed by atoms with E-state index in [1.807, 2.05) is 25.1 Å². The molecule has 6 nitrogen and oxygen atoms in total. The maximum atomic E-state index is 12.1. The van der Waals surface area contributed by atoms with E-state index in [4.69, 9.17) is 21.3 Å². The second-order valence-electron chi connectivity index (χ2n) is 6.36. The van der Waals surface area contributed by atoms with Gasteiger partial charge in [-0.05, 0) is 32.0 Å². The zero-order valence-electron chi connectivity index (χ0n) is 15.9. The molecule has 0 aliphatic rings. The Balaban J connectivity index is 2.27. The van der Waals surface area contributed by atoms with E-state index in [0.29, 0.717) is 31.1 Å². The predicted molar refractivity (Wildman–Crippen MR) is 106 cm³/mol. The summed E-state index contributed by atoms with van der Waals surface area (Å²) < 4.78 is 4.96. The number of aryl methyl sites for hydroxylation is 1. The largest absolute Gasteiger partial charge is 0.383 e. The minimum absolute atomic E-state index is 0.00446. The van der Waals surface area contributed by atoms with Gasteiger partial charge in [-0.1, -0.05) is 18.5 Å². The van der Waals surface area contributed by atoms with Crippen LogP contribution in [0, 0.1) is 0 Å². The molecule has 0 aliphatic carbocycles. The van der Waals surface area contributed by atoms with Gasteiger partial charge in [0.15, 0.2) is 0 Å². The lowest BCUT2D eigenvalue weighted by atomic mass is 10.2. The number of halogens is 1. The first-order valence-electron chi connectivity index (χ1n) is 8.94. The zero-order valence-corrected chi connectivity index (χ0v) is 16.6. The first kappa shape index (κ1) is 20.4. The summed E-state index contributed by atoms with van der Waals surface area (Å²) in [5.74, 6) is 1.62. The maximum Gasteiger partial charge on any atom is 0.221 e. The van der Waals surface area contributed by atoms with E-state index in [9.17, 15) is 4.79 Å². The molecule has 0 fully saturated rings. The van der Waals surface area contributed by atoms with E-state index in [2.05, 4.69) is 29.0 Å². The third kappa shape index (κ3) is 5.29. The number of rotatable bonds is 9. The van der Waals surface area contributed by atoms with Crippen molar-refractivity contribution in [3.8, 4) is 0 Å². The van der Waals surface area contributed by atoms with E-state index in [1.54, 1.807) is 7.11 Å². The number of benzene rings is 1. The quantitative estimate of drug-likeness (QED) is 0.678. The smallest absolute Gasteiger partial charge is 0.221 e. The van der Waals surface area contributed by atoms with Gasteiger partial charge >= 0.3 is 0 Å². The van der Waals surface area contributed by atoms with Gasteiger partial charge in [0, 0.05) is 49.5 Å². The fourth-order valence-electron chi connectivity index (χ4n) is 2.72. The zero-order chi connectivity index (χ0) is 19.1. The third-order valence-electron chi connectivity index (χ3n) is 4.10. The molecule has 0 aliphatic heterocycles. The summed E-state index contributed by atoms with van der Waals surface area (Å²) in [6, 6.07) is 5.84. The van der Waals surface area contributed by atoms with Crippen LogP contribution in [-0.4, -0.2) is 48.7 Å². The van der Waals surface area contributed by atoms with Gasteiger partial charge in [-0.3, -0.25) is 4.79 Å². The molecule has 2 rings (SSSR count). The van der Waals surface area contributed by atoms with E-state index < -0.39 is 0 Å². The Hall–Kier alpha value is -1.92. The number of hydrogen-bond acceptors (Lipinski definition) is 5. The minimum Gasteiger partial charge on any atom is -0.383 e. The highest BCUT2D eigenvalue weighted by molar-refractivity contribution is 6.31. The molecule has 1 heterocycles. The third-order valence-corrected chi connectivity index (χ3v) is 4.34. The fourth-order valence-corrected chi connectivity index (χ4v) is 2.89. The Kier molecular flexibility index (Phi) is 7.60. The molecular formula is C19H27ClN4O2. The summed E-state index contributed by atoms with van der Waals surface area (Å²) in [5.41, 5.74) is 0.828. The second-order valence-corrected chi connectivity index (χ2v) is 6.79. The van der Waals surface area contributed by atoms with Crippen LogP contribution in [0.25, 0.3) is 10.9 Å². The van der Waals surface area contributed by atoms with Crippen molar-refractivity contribution in [2.75, 3.05) is 31.7 Å². The molecule has 1 N–H and O–H groups in total. The van der Waals surface area contributed by atoms with Crippen LogP contribution in [0.3, 0.4) is 0 Å². The molecule has 0 spiro atoms. The molecule has 0 saturated heterocycles. The number of fused-ring (bicyclic) bond motifs is 1. The number of hydrogen-bond donors (Lipinski definition) is 1. The van der Waals surface area contributed by atoms with Crippen molar-refractivity contribution in [3.63, 3.8) is 0 Å². The van der Waals surface area contributed by atoms with Gasteiger partial charge in [0.25, 0.3) is 0 Å². The van der Waals surface area contributed by atoms with E-state index in [1.165, 1.54) is 0 Å². The monoisotopic (exact) mass is 378 g/mol. The molecule has 142 valence electrons.